The first kappa shape index (κ1) is 21.6. The molecule has 0 aromatic heterocycles. The van der Waals surface area contributed by atoms with Crippen molar-refractivity contribution in [2.75, 3.05) is 7.11 Å². The van der Waals surface area contributed by atoms with Crippen LogP contribution in [0, 0.1) is 0 Å². The fraction of sp³-hybridized carbons (Fsp3) is 0.579. The number of carbonyl (C=O) groups excluding carboxylic acids is 2. The first-order valence-corrected chi connectivity index (χ1v) is 8.39. The second kappa shape index (κ2) is 8.29. The molecule has 1 amide bonds. The zero-order valence-corrected chi connectivity index (χ0v) is 16.5. The van der Waals surface area contributed by atoms with Gasteiger partial charge in [-0.3, -0.25) is 0 Å². The summed E-state index contributed by atoms with van der Waals surface area (Å²) in [6, 6.07) is 3.77. The van der Waals surface area contributed by atoms with Crippen molar-refractivity contribution in [3.05, 3.63) is 23.8 Å². The van der Waals surface area contributed by atoms with E-state index in [-0.39, 0.29) is 17.9 Å². The molecule has 1 aromatic rings. The van der Waals surface area contributed by atoms with E-state index in [9.17, 15) is 14.7 Å². The number of esters is 1. The van der Waals surface area contributed by atoms with Crippen LogP contribution >= 0.6 is 0 Å². The van der Waals surface area contributed by atoms with Crippen molar-refractivity contribution in [1.29, 1.82) is 0 Å². The number of carbonyl (C=O) groups is 2. The van der Waals surface area contributed by atoms with Gasteiger partial charge in [0.1, 0.15) is 17.2 Å². The van der Waals surface area contributed by atoms with Gasteiger partial charge in [-0.25, -0.2) is 9.59 Å². The summed E-state index contributed by atoms with van der Waals surface area (Å²) in [5.74, 6) is -0.303. The van der Waals surface area contributed by atoms with Crippen LogP contribution in [0.3, 0.4) is 0 Å². The van der Waals surface area contributed by atoms with Crippen LogP contribution in [-0.2, 0) is 20.7 Å². The molecule has 1 atom stereocenters. The number of hydrogen-bond acceptors (Lipinski definition) is 6. The number of rotatable bonds is 5. The maximum Gasteiger partial charge on any atom is 0.408 e. The van der Waals surface area contributed by atoms with Crippen molar-refractivity contribution < 1.29 is 28.9 Å². The van der Waals surface area contributed by atoms with Crippen LogP contribution in [0.5, 0.6) is 11.5 Å². The largest absolute Gasteiger partial charge is 0.504 e. The summed E-state index contributed by atoms with van der Waals surface area (Å²) in [5, 5.41) is 12.3. The maximum atomic E-state index is 12.5. The third-order valence-corrected chi connectivity index (χ3v) is 3.07. The maximum absolute atomic E-state index is 12.5. The van der Waals surface area contributed by atoms with Crippen LogP contribution in [-0.4, -0.2) is 41.5 Å². The average molecular weight is 367 g/mol. The van der Waals surface area contributed by atoms with E-state index in [1.165, 1.54) is 13.2 Å². The summed E-state index contributed by atoms with van der Waals surface area (Å²) in [6.07, 6.45) is -0.552. The van der Waals surface area contributed by atoms with Crippen LogP contribution in [0.4, 0.5) is 4.79 Å². The SMILES string of the molecule is COc1cc(CC(NC(=O)OC(C)(C)C)C(=O)OC(C)(C)C)ccc1O. The minimum Gasteiger partial charge on any atom is -0.504 e. The third-order valence-electron chi connectivity index (χ3n) is 3.07. The number of phenols is 1. The van der Waals surface area contributed by atoms with Gasteiger partial charge in [0.2, 0.25) is 0 Å². The predicted molar refractivity (Wildman–Crippen MR) is 97.4 cm³/mol. The molecule has 7 nitrogen and oxygen atoms in total. The number of alkyl carbamates (subject to hydrolysis) is 1. The lowest BCUT2D eigenvalue weighted by Crippen LogP contribution is -2.47. The third kappa shape index (κ3) is 7.63. The Morgan fingerprint density at radius 1 is 1.08 bits per heavy atom. The summed E-state index contributed by atoms with van der Waals surface area (Å²) < 4.78 is 15.7. The van der Waals surface area contributed by atoms with E-state index >= 15 is 0 Å². The first-order chi connectivity index (χ1) is 11.8. The van der Waals surface area contributed by atoms with Crippen LogP contribution in [0.25, 0.3) is 0 Å². The Morgan fingerprint density at radius 3 is 2.15 bits per heavy atom. The quantitative estimate of drug-likeness (QED) is 0.776. The molecule has 0 aliphatic carbocycles. The Morgan fingerprint density at radius 2 is 1.65 bits per heavy atom. The number of methoxy groups -OCH3 is 1. The van der Waals surface area contributed by atoms with Crippen molar-refractivity contribution >= 4 is 12.1 Å². The standard InChI is InChI=1S/C19H29NO6/c1-18(2,3)25-16(22)13(20-17(23)26-19(4,5)6)10-12-8-9-14(21)15(11-12)24-7/h8-9,11,13,21H,10H2,1-7H3,(H,20,23). The predicted octanol–water partition coefficient (Wildman–Crippen LogP) is 3.18. The van der Waals surface area contributed by atoms with Crippen LogP contribution in [0.2, 0.25) is 0 Å². The van der Waals surface area contributed by atoms with Gasteiger partial charge in [-0.05, 0) is 59.2 Å². The zero-order chi connectivity index (χ0) is 20.1. The molecule has 0 spiro atoms. The molecular formula is C19H29NO6. The van der Waals surface area contributed by atoms with Gasteiger partial charge in [-0.2, -0.15) is 0 Å². The average Bonchev–Trinajstić information content (AvgIpc) is 2.44. The van der Waals surface area contributed by atoms with Crippen LogP contribution in [0.15, 0.2) is 18.2 Å². The lowest BCUT2D eigenvalue weighted by atomic mass is 10.0. The highest BCUT2D eigenvalue weighted by atomic mass is 16.6. The molecule has 0 bridgehead atoms. The lowest BCUT2D eigenvalue weighted by molar-refractivity contribution is -0.157. The minimum absolute atomic E-state index is 0.00910. The van der Waals surface area contributed by atoms with E-state index in [2.05, 4.69) is 5.32 Å². The second-order valence-corrected chi connectivity index (χ2v) is 7.94. The number of ether oxygens (including phenoxy) is 3. The Kier molecular flexibility index (Phi) is 6.89. The zero-order valence-electron chi connectivity index (χ0n) is 16.5. The molecule has 0 aliphatic rings. The normalized spacial score (nSPS) is 12.9. The van der Waals surface area contributed by atoms with E-state index in [0.717, 1.165) is 0 Å². The van der Waals surface area contributed by atoms with Gasteiger partial charge in [-0.1, -0.05) is 6.07 Å². The van der Waals surface area contributed by atoms with Gasteiger partial charge in [0.05, 0.1) is 7.11 Å². The molecule has 1 unspecified atom stereocenters. The number of benzene rings is 1. The van der Waals surface area contributed by atoms with Crippen molar-refractivity contribution in [1.82, 2.24) is 5.32 Å². The fourth-order valence-corrected chi connectivity index (χ4v) is 2.10. The topological polar surface area (TPSA) is 94.1 Å². The molecule has 0 saturated heterocycles. The minimum atomic E-state index is -0.946. The molecule has 0 saturated carbocycles. The van der Waals surface area contributed by atoms with Crippen molar-refractivity contribution in [2.24, 2.45) is 0 Å². The molecule has 2 N–H and O–H groups in total. The molecule has 0 fully saturated rings. The van der Waals surface area contributed by atoms with Crippen LogP contribution in [0.1, 0.15) is 47.1 Å². The fourth-order valence-electron chi connectivity index (χ4n) is 2.10. The molecule has 146 valence electrons. The summed E-state index contributed by atoms with van der Waals surface area (Å²) in [6.45, 7) is 10.5. The number of hydrogen-bond donors (Lipinski definition) is 2. The van der Waals surface area contributed by atoms with E-state index in [0.29, 0.717) is 5.56 Å². The molecule has 0 radical (unpaired) electrons. The van der Waals surface area contributed by atoms with E-state index in [1.807, 2.05) is 0 Å². The van der Waals surface area contributed by atoms with Crippen molar-refractivity contribution in [3.63, 3.8) is 0 Å². The van der Waals surface area contributed by atoms with Gasteiger partial charge in [0.15, 0.2) is 11.5 Å². The monoisotopic (exact) mass is 367 g/mol. The first-order valence-electron chi connectivity index (χ1n) is 8.39. The van der Waals surface area contributed by atoms with Crippen molar-refractivity contribution in [2.45, 2.75) is 65.2 Å². The molecule has 0 aliphatic heterocycles. The smallest absolute Gasteiger partial charge is 0.408 e. The molecular weight excluding hydrogens is 338 g/mol. The molecule has 26 heavy (non-hydrogen) atoms. The van der Waals surface area contributed by atoms with Gasteiger partial charge in [0.25, 0.3) is 0 Å². The van der Waals surface area contributed by atoms with E-state index < -0.39 is 29.3 Å². The second-order valence-electron chi connectivity index (χ2n) is 7.94. The van der Waals surface area contributed by atoms with Gasteiger partial charge >= 0.3 is 12.1 Å². The lowest BCUT2D eigenvalue weighted by Gasteiger charge is -2.26. The highest BCUT2D eigenvalue weighted by molar-refractivity contribution is 5.82. The van der Waals surface area contributed by atoms with Crippen molar-refractivity contribution in [3.8, 4) is 11.5 Å². The van der Waals surface area contributed by atoms with Gasteiger partial charge in [-0.15, -0.1) is 0 Å². The Hall–Kier alpha value is -2.44. The molecule has 1 rings (SSSR count). The van der Waals surface area contributed by atoms with Gasteiger partial charge in [0, 0.05) is 6.42 Å². The van der Waals surface area contributed by atoms with E-state index in [1.54, 1.807) is 53.7 Å². The Balaban J connectivity index is 3.00. The molecule has 7 heteroatoms. The highest BCUT2D eigenvalue weighted by Gasteiger charge is 2.29. The number of nitrogens with one attached hydrogen (secondary N) is 1. The highest BCUT2D eigenvalue weighted by Crippen LogP contribution is 2.27. The van der Waals surface area contributed by atoms with E-state index in [4.69, 9.17) is 14.2 Å². The number of amides is 1. The number of phenolic OH excluding ortho intramolecular Hbond substituents is 1. The Bertz CT molecular complexity index is 642. The number of aromatic hydroxyl groups is 1. The summed E-state index contributed by atoms with van der Waals surface area (Å²) in [7, 11) is 1.43. The molecule has 0 heterocycles. The molecule has 1 aromatic carbocycles. The summed E-state index contributed by atoms with van der Waals surface area (Å²) in [5.41, 5.74) is -0.700. The summed E-state index contributed by atoms with van der Waals surface area (Å²) >= 11 is 0. The van der Waals surface area contributed by atoms with Gasteiger partial charge < -0.3 is 24.6 Å². The summed E-state index contributed by atoms with van der Waals surface area (Å²) in [4.78, 5) is 24.6. The Labute approximate surface area is 154 Å². The van der Waals surface area contributed by atoms with Crippen LogP contribution < -0.4 is 10.1 Å².